The Morgan fingerprint density at radius 3 is 2.80 bits per heavy atom. The van der Waals surface area contributed by atoms with Gasteiger partial charge in [0.15, 0.2) is 0 Å². The number of carbonyl (C=O) groups excluding carboxylic acids is 1. The van der Waals surface area contributed by atoms with E-state index < -0.39 is 5.56 Å². The lowest BCUT2D eigenvalue weighted by molar-refractivity contribution is 0.0582. The molecule has 0 radical (unpaired) electrons. The Kier molecular flexibility index (Phi) is 5.80. The molecule has 8 nitrogen and oxygen atoms in total. The van der Waals surface area contributed by atoms with Gasteiger partial charge in [0.2, 0.25) is 0 Å². The third kappa shape index (κ3) is 4.43. The molecule has 1 aliphatic heterocycles. The lowest BCUT2D eigenvalue weighted by atomic mass is 9.93. The van der Waals surface area contributed by atoms with Crippen molar-refractivity contribution in [2.24, 2.45) is 0 Å². The molecule has 0 bridgehead atoms. The van der Waals surface area contributed by atoms with Crippen LogP contribution in [0.4, 0.5) is 10.5 Å². The number of halogens is 1. The molecule has 3 rings (SSSR count). The van der Waals surface area contributed by atoms with Crippen LogP contribution in [0.3, 0.4) is 0 Å². The van der Waals surface area contributed by atoms with Crippen molar-refractivity contribution in [3.8, 4) is 0 Å². The molecule has 138 valence electrons. The topological polar surface area (TPSA) is 96.6 Å². The molecule has 0 aromatic carbocycles. The number of aromatic nitrogens is 2. The average Bonchev–Trinajstić information content (AvgIpc) is 3.06. The van der Waals surface area contributed by atoms with Gasteiger partial charge in [-0.2, -0.15) is 5.10 Å². The van der Waals surface area contributed by atoms with Gasteiger partial charge in [0.05, 0.1) is 24.5 Å². The zero-order valence-corrected chi connectivity index (χ0v) is 14.9. The summed E-state index contributed by atoms with van der Waals surface area (Å²) in [4.78, 5) is 25.6. The van der Waals surface area contributed by atoms with Gasteiger partial charge in [-0.1, -0.05) is 11.6 Å². The first-order chi connectivity index (χ1) is 12.1. The van der Waals surface area contributed by atoms with Crippen LogP contribution in [0, 0.1) is 0 Å². The van der Waals surface area contributed by atoms with Crippen LogP contribution in [-0.4, -0.2) is 54.7 Å². The maximum atomic E-state index is 12.1. The van der Waals surface area contributed by atoms with Crippen LogP contribution in [0.25, 0.3) is 0 Å². The van der Waals surface area contributed by atoms with Crippen LogP contribution >= 0.6 is 11.6 Å². The number of nitrogens with one attached hydrogen (secondary N) is 2. The molecular weight excluding hydrogens is 348 g/mol. The highest BCUT2D eigenvalue weighted by Crippen LogP contribution is 2.26. The van der Waals surface area contributed by atoms with E-state index in [1.807, 2.05) is 4.90 Å². The number of anilines is 1. The molecule has 2 N–H and O–H groups in total. The molecule has 1 aromatic heterocycles. The minimum absolute atomic E-state index is 0.106. The van der Waals surface area contributed by atoms with Crippen LogP contribution in [0.1, 0.15) is 32.1 Å². The van der Waals surface area contributed by atoms with Crippen molar-refractivity contribution < 1.29 is 14.3 Å². The smallest absolute Gasteiger partial charge is 0.407 e. The summed E-state index contributed by atoms with van der Waals surface area (Å²) in [6.45, 7) is 1.15. The summed E-state index contributed by atoms with van der Waals surface area (Å²) >= 11 is 6.02. The minimum Gasteiger partial charge on any atom is -0.444 e. The predicted octanol–water partition coefficient (Wildman–Crippen LogP) is 1.69. The van der Waals surface area contributed by atoms with Crippen molar-refractivity contribution in [1.29, 1.82) is 0 Å². The normalized spacial score (nSPS) is 26.5. The molecule has 0 spiro atoms. The first kappa shape index (κ1) is 18.0. The van der Waals surface area contributed by atoms with Crippen LogP contribution in [-0.2, 0) is 9.47 Å². The molecular formula is C16H23ClN4O4. The first-order valence-corrected chi connectivity index (χ1v) is 8.92. The largest absolute Gasteiger partial charge is 0.444 e. The summed E-state index contributed by atoms with van der Waals surface area (Å²) in [6, 6.07) is 0.141. The van der Waals surface area contributed by atoms with Crippen molar-refractivity contribution in [1.82, 2.24) is 15.5 Å². The number of alkyl carbamates (subject to hydrolysis) is 1. The van der Waals surface area contributed by atoms with Gasteiger partial charge < -0.3 is 19.7 Å². The molecule has 1 saturated carbocycles. The number of H-pyrrole nitrogens is 1. The first-order valence-electron chi connectivity index (χ1n) is 8.55. The number of methoxy groups -OCH3 is 1. The molecule has 1 atom stereocenters. The molecule has 2 heterocycles. The monoisotopic (exact) mass is 370 g/mol. The molecule has 1 aromatic rings. The van der Waals surface area contributed by atoms with E-state index in [0.29, 0.717) is 31.3 Å². The van der Waals surface area contributed by atoms with E-state index >= 15 is 0 Å². The Labute approximate surface area is 150 Å². The van der Waals surface area contributed by atoms with Gasteiger partial charge in [0, 0.05) is 26.1 Å². The van der Waals surface area contributed by atoms with E-state index in [0.717, 1.165) is 25.7 Å². The SMILES string of the molecule is COC1CCC(NC(=O)O[C@@H]2CCN(c3cn[nH]c(=O)c3Cl)C2)CC1. The highest BCUT2D eigenvalue weighted by Gasteiger charge is 2.29. The van der Waals surface area contributed by atoms with E-state index in [1.54, 1.807) is 7.11 Å². The minimum atomic E-state index is -0.423. The fraction of sp³-hybridized carbons (Fsp3) is 0.688. The zero-order valence-electron chi connectivity index (χ0n) is 14.2. The van der Waals surface area contributed by atoms with E-state index in [1.165, 1.54) is 6.20 Å². The van der Waals surface area contributed by atoms with E-state index in [2.05, 4.69) is 15.5 Å². The predicted molar refractivity (Wildman–Crippen MR) is 93.2 cm³/mol. The van der Waals surface area contributed by atoms with Crippen LogP contribution in [0.2, 0.25) is 5.02 Å². The summed E-state index contributed by atoms with van der Waals surface area (Å²) in [5.74, 6) is 0. The van der Waals surface area contributed by atoms with Crippen molar-refractivity contribution in [3.63, 3.8) is 0 Å². The summed E-state index contributed by atoms with van der Waals surface area (Å²) in [6.07, 6.45) is 5.59. The van der Waals surface area contributed by atoms with Gasteiger partial charge >= 0.3 is 6.09 Å². The number of carbonyl (C=O) groups is 1. The Bertz CT molecular complexity index is 660. The fourth-order valence-corrected chi connectivity index (χ4v) is 3.64. The van der Waals surface area contributed by atoms with Gasteiger partial charge in [-0.05, 0) is 25.7 Å². The number of rotatable bonds is 4. The zero-order chi connectivity index (χ0) is 17.8. The van der Waals surface area contributed by atoms with Crippen LogP contribution < -0.4 is 15.8 Å². The summed E-state index contributed by atoms with van der Waals surface area (Å²) in [7, 11) is 1.72. The van der Waals surface area contributed by atoms with Crippen molar-refractivity contribution in [2.45, 2.75) is 50.4 Å². The second kappa shape index (κ2) is 8.05. The van der Waals surface area contributed by atoms with E-state index in [9.17, 15) is 9.59 Å². The number of nitrogens with zero attached hydrogens (tertiary/aromatic N) is 2. The van der Waals surface area contributed by atoms with Crippen LogP contribution in [0.15, 0.2) is 11.0 Å². The highest BCUT2D eigenvalue weighted by molar-refractivity contribution is 6.33. The Morgan fingerprint density at radius 1 is 1.32 bits per heavy atom. The molecule has 2 fully saturated rings. The van der Waals surface area contributed by atoms with Crippen molar-refractivity contribution in [2.75, 3.05) is 25.1 Å². The van der Waals surface area contributed by atoms with Gasteiger partial charge in [-0.15, -0.1) is 0 Å². The highest BCUT2D eigenvalue weighted by atomic mass is 35.5. The lowest BCUT2D eigenvalue weighted by Crippen LogP contribution is -2.40. The summed E-state index contributed by atoms with van der Waals surface area (Å²) in [5, 5.41) is 9.11. The number of amides is 1. The molecule has 1 saturated heterocycles. The second-order valence-corrected chi connectivity index (χ2v) is 6.89. The lowest BCUT2D eigenvalue weighted by Gasteiger charge is -2.28. The third-order valence-corrected chi connectivity index (χ3v) is 5.23. The van der Waals surface area contributed by atoms with Gasteiger partial charge in [-0.3, -0.25) is 4.79 Å². The summed E-state index contributed by atoms with van der Waals surface area (Å²) in [5.41, 5.74) is 0.141. The van der Waals surface area contributed by atoms with E-state index in [-0.39, 0.29) is 23.3 Å². The quantitative estimate of drug-likeness (QED) is 0.837. The maximum Gasteiger partial charge on any atom is 0.407 e. The number of hydrogen-bond acceptors (Lipinski definition) is 6. The molecule has 2 aliphatic rings. The van der Waals surface area contributed by atoms with Gasteiger partial charge in [-0.25, -0.2) is 9.89 Å². The van der Waals surface area contributed by atoms with E-state index in [4.69, 9.17) is 21.1 Å². The molecule has 25 heavy (non-hydrogen) atoms. The average molecular weight is 371 g/mol. The van der Waals surface area contributed by atoms with Crippen LogP contribution in [0.5, 0.6) is 0 Å². The Balaban J connectivity index is 1.47. The Hall–Kier alpha value is -1.80. The number of aromatic amines is 1. The van der Waals surface area contributed by atoms with Gasteiger partial charge in [0.1, 0.15) is 11.1 Å². The summed E-state index contributed by atoms with van der Waals surface area (Å²) < 4.78 is 10.9. The van der Waals surface area contributed by atoms with Crippen molar-refractivity contribution >= 4 is 23.4 Å². The number of hydrogen-bond donors (Lipinski definition) is 2. The van der Waals surface area contributed by atoms with Gasteiger partial charge in [0.25, 0.3) is 5.56 Å². The maximum absolute atomic E-state index is 12.1. The second-order valence-electron chi connectivity index (χ2n) is 6.51. The third-order valence-electron chi connectivity index (χ3n) is 4.87. The fourth-order valence-electron chi connectivity index (χ4n) is 3.43. The van der Waals surface area contributed by atoms with Crippen molar-refractivity contribution in [3.05, 3.63) is 21.6 Å². The standard InChI is InChI=1S/C16H23ClN4O4/c1-24-11-4-2-10(3-5-11)19-16(23)25-12-6-7-21(9-12)13-8-18-20-15(22)14(13)17/h8,10-12H,2-7,9H2,1H3,(H,19,23)(H,20,22)/t10?,11?,12-/m1/s1. The Morgan fingerprint density at radius 2 is 2.08 bits per heavy atom. The number of ether oxygens (including phenoxy) is 2. The molecule has 9 heteroatoms. The molecule has 0 unspecified atom stereocenters. The molecule has 1 amide bonds. The molecule has 1 aliphatic carbocycles.